The van der Waals surface area contributed by atoms with Crippen LogP contribution in [0.4, 0.5) is 10.1 Å². The Balaban J connectivity index is 2.25. The van der Waals surface area contributed by atoms with Gasteiger partial charge < -0.3 is 10.4 Å². The molecule has 0 aliphatic carbocycles. The summed E-state index contributed by atoms with van der Waals surface area (Å²) in [6.07, 6.45) is 0. The standard InChI is InChI=1S/C16H16FNO2/c1-10-6-7-13(16(19)20)9-15(10)18-11(2)12-4-3-5-14(17)8-12/h3-9,11,18H,1-2H3,(H,19,20). The molecule has 0 fully saturated rings. The maximum Gasteiger partial charge on any atom is 0.335 e. The van der Waals surface area contributed by atoms with Gasteiger partial charge in [0.25, 0.3) is 0 Å². The van der Waals surface area contributed by atoms with Crippen molar-refractivity contribution in [3.63, 3.8) is 0 Å². The Hall–Kier alpha value is -2.36. The number of hydrogen-bond acceptors (Lipinski definition) is 2. The molecule has 0 spiro atoms. The van der Waals surface area contributed by atoms with E-state index in [9.17, 15) is 9.18 Å². The molecule has 2 rings (SSSR count). The summed E-state index contributed by atoms with van der Waals surface area (Å²) in [7, 11) is 0. The van der Waals surface area contributed by atoms with E-state index in [1.165, 1.54) is 12.1 Å². The maximum absolute atomic E-state index is 13.2. The molecule has 4 heteroatoms. The van der Waals surface area contributed by atoms with Crippen molar-refractivity contribution in [1.82, 2.24) is 0 Å². The van der Waals surface area contributed by atoms with Crippen LogP contribution in [0.1, 0.15) is 34.5 Å². The van der Waals surface area contributed by atoms with Gasteiger partial charge in [0.1, 0.15) is 5.82 Å². The molecular formula is C16H16FNO2. The van der Waals surface area contributed by atoms with Crippen LogP contribution in [0, 0.1) is 12.7 Å². The molecule has 1 unspecified atom stereocenters. The highest BCUT2D eigenvalue weighted by atomic mass is 19.1. The van der Waals surface area contributed by atoms with E-state index in [1.54, 1.807) is 24.3 Å². The van der Waals surface area contributed by atoms with Crippen LogP contribution in [0.5, 0.6) is 0 Å². The molecule has 0 radical (unpaired) electrons. The second kappa shape index (κ2) is 5.74. The second-order valence-corrected chi connectivity index (χ2v) is 4.76. The summed E-state index contributed by atoms with van der Waals surface area (Å²) in [6.45, 7) is 3.80. The maximum atomic E-state index is 13.2. The lowest BCUT2D eigenvalue weighted by Gasteiger charge is -2.18. The number of nitrogens with one attached hydrogen (secondary N) is 1. The van der Waals surface area contributed by atoms with Gasteiger partial charge in [-0.1, -0.05) is 18.2 Å². The Labute approximate surface area is 117 Å². The number of halogens is 1. The molecule has 0 heterocycles. The quantitative estimate of drug-likeness (QED) is 0.885. The number of carboxylic acids is 1. The van der Waals surface area contributed by atoms with Crippen molar-refractivity contribution in [1.29, 1.82) is 0 Å². The Morgan fingerprint density at radius 3 is 2.65 bits per heavy atom. The molecular weight excluding hydrogens is 257 g/mol. The zero-order valence-electron chi connectivity index (χ0n) is 11.4. The lowest BCUT2D eigenvalue weighted by molar-refractivity contribution is 0.0697. The Morgan fingerprint density at radius 1 is 1.25 bits per heavy atom. The first kappa shape index (κ1) is 14.1. The van der Waals surface area contributed by atoms with Gasteiger partial charge in [-0.25, -0.2) is 9.18 Å². The van der Waals surface area contributed by atoms with Crippen molar-refractivity contribution in [3.8, 4) is 0 Å². The summed E-state index contributed by atoms with van der Waals surface area (Å²) in [4.78, 5) is 11.0. The molecule has 3 nitrogen and oxygen atoms in total. The largest absolute Gasteiger partial charge is 0.478 e. The van der Waals surface area contributed by atoms with Crippen molar-refractivity contribution in [2.24, 2.45) is 0 Å². The van der Waals surface area contributed by atoms with Crippen LogP contribution in [-0.4, -0.2) is 11.1 Å². The number of anilines is 1. The highest BCUT2D eigenvalue weighted by molar-refractivity contribution is 5.89. The van der Waals surface area contributed by atoms with Gasteiger partial charge >= 0.3 is 5.97 Å². The van der Waals surface area contributed by atoms with Gasteiger partial charge in [0.2, 0.25) is 0 Å². The van der Waals surface area contributed by atoms with Crippen molar-refractivity contribution in [2.75, 3.05) is 5.32 Å². The molecule has 20 heavy (non-hydrogen) atoms. The minimum Gasteiger partial charge on any atom is -0.478 e. The van der Waals surface area contributed by atoms with E-state index in [0.29, 0.717) is 0 Å². The first-order valence-electron chi connectivity index (χ1n) is 6.33. The Kier molecular flexibility index (Phi) is 4.03. The Morgan fingerprint density at radius 2 is 2.00 bits per heavy atom. The van der Waals surface area contributed by atoms with Crippen molar-refractivity contribution >= 4 is 11.7 Å². The van der Waals surface area contributed by atoms with Gasteiger partial charge in [-0.3, -0.25) is 0 Å². The number of hydrogen-bond donors (Lipinski definition) is 2. The normalized spacial score (nSPS) is 11.9. The molecule has 2 N–H and O–H groups in total. The second-order valence-electron chi connectivity index (χ2n) is 4.76. The zero-order chi connectivity index (χ0) is 14.7. The van der Waals surface area contributed by atoms with Gasteiger partial charge in [-0.05, 0) is 49.2 Å². The lowest BCUT2D eigenvalue weighted by atomic mass is 10.1. The number of aromatic carboxylic acids is 1. The van der Waals surface area contributed by atoms with E-state index in [1.807, 2.05) is 19.9 Å². The SMILES string of the molecule is Cc1ccc(C(=O)O)cc1NC(C)c1cccc(F)c1. The van der Waals surface area contributed by atoms with Crippen LogP contribution < -0.4 is 5.32 Å². The van der Waals surface area contributed by atoms with Gasteiger partial charge in [-0.2, -0.15) is 0 Å². The fourth-order valence-electron chi connectivity index (χ4n) is 2.00. The zero-order valence-corrected chi connectivity index (χ0v) is 11.4. The molecule has 0 saturated carbocycles. The average Bonchev–Trinajstić information content (AvgIpc) is 2.41. The average molecular weight is 273 g/mol. The fraction of sp³-hybridized carbons (Fsp3) is 0.188. The van der Waals surface area contributed by atoms with E-state index >= 15 is 0 Å². The van der Waals surface area contributed by atoms with Gasteiger partial charge in [0.15, 0.2) is 0 Å². The van der Waals surface area contributed by atoms with E-state index in [-0.39, 0.29) is 17.4 Å². The van der Waals surface area contributed by atoms with Crippen molar-refractivity contribution in [2.45, 2.75) is 19.9 Å². The van der Waals surface area contributed by atoms with Crippen LogP contribution >= 0.6 is 0 Å². The highest BCUT2D eigenvalue weighted by Gasteiger charge is 2.10. The topological polar surface area (TPSA) is 49.3 Å². The third-order valence-electron chi connectivity index (χ3n) is 3.21. The molecule has 0 aliphatic heterocycles. The fourth-order valence-corrected chi connectivity index (χ4v) is 2.00. The molecule has 0 saturated heterocycles. The molecule has 0 amide bonds. The van der Waals surface area contributed by atoms with E-state index in [0.717, 1.165) is 16.8 Å². The summed E-state index contributed by atoms with van der Waals surface area (Å²) in [5.74, 6) is -1.25. The number of aryl methyl sites for hydroxylation is 1. The molecule has 0 aliphatic rings. The third-order valence-corrected chi connectivity index (χ3v) is 3.21. The summed E-state index contributed by atoms with van der Waals surface area (Å²) in [5.41, 5.74) is 2.72. The minimum atomic E-state index is -0.966. The molecule has 2 aromatic carbocycles. The molecule has 104 valence electrons. The lowest BCUT2D eigenvalue weighted by Crippen LogP contribution is -2.09. The molecule has 0 aromatic heterocycles. The number of benzene rings is 2. The predicted molar refractivity (Wildman–Crippen MR) is 76.6 cm³/mol. The first-order chi connectivity index (χ1) is 9.47. The summed E-state index contributed by atoms with van der Waals surface area (Å²) < 4.78 is 13.2. The monoisotopic (exact) mass is 273 g/mol. The first-order valence-corrected chi connectivity index (χ1v) is 6.33. The molecule has 0 bridgehead atoms. The highest BCUT2D eigenvalue weighted by Crippen LogP contribution is 2.23. The van der Waals surface area contributed by atoms with Gasteiger partial charge in [-0.15, -0.1) is 0 Å². The van der Waals surface area contributed by atoms with Crippen LogP contribution in [0.3, 0.4) is 0 Å². The van der Waals surface area contributed by atoms with Gasteiger partial charge in [0, 0.05) is 11.7 Å². The van der Waals surface area contributed by atoms with Crippen LogP contribution in [-0.2, 0) is 0 Å². The van der Waals surface area contributed by atoms with Crippen LogP contribution in [0.15, 0.2) is 42.5 Å². The molecule has 2 aromatic rings. The van der Waals surface area contributed by atoms with E-state index in [2.05, 4.69) is 5.32 Å². The van der Waals surface area contributed by atoms with Crippen molar-refractivity contribution in [3.05, 3.63) is 65.0 Å². The summed E-state index contributed by atoms with van der Waals surface area (Å²) in [6, 6.07) is 11.1. The summed E-state index contributed by atoms with van der Waals surface area (Å²) >= 11 is 0. The van der Waals surface area contributed by atoms with Crippen molar-refractivity contribution < 1.29 is 14.3 Å². The predicted octanol–water partition coefficient (Wildman–Crippen LogP) is 4.01. The number of carbonyl (C=O) groups is 1. The van der Waals surface area contributed by atoms with E-state index in [4.69, 9.17) is 5.11 Å². The third kappa shape index (κ3) is 3.15. The molecule has 1 atom stereocenters. The Bertz CT molecular complexity index is 640. The smallest absolute Gasteiger partial charge is 0.335 e. The number of rotatable bonds is 4. The van der Waals surface area contributed by atoms with Crippen LogP contribution in [0.25, 0.3) is 0 Å². The minimum absolute atomic E-state index is 0.117. The van der Waals surface area contributed by atoms with Gasteiger partial charge in [0.05, 0.1) is 5.56 Å². The van der Waals surface area contributed by atoms with E-state index < -0.39 is 5.97 Å². The van der Waals surface area contributed by atoms with Crippen LogP contribution in [0.2, 0.25) is 0 Å². The number of carboxylic acid groups (broad SMARTS) is 1. The summed E-state index contributed by atoms with van der Waals surface area (Å²) in [5, 5.41) is 12.2.